The second kappa shape index (κ2) is 6.97. The first kappa shape index (κ1) is 17.2. The van der Waals surface area contributed by atoms with Gasteiger partial charge in [0.15, 0.2) is 0 Å². The van der Waals surface area contributed by atoms with Crippen LogP contribution in [0.2, 0.25) is 0 Å². The van der Waals surface area contributed by atoms with Crippen molar-refractivity contribution >= 4 is 23.4 Å². The Morgan fingerprint density at radius 1 is 1.35 bits per heavy atom. The maximum absolute atomic E-state index is 11.8. The fourth-order valence-electron chi connectivity index (χ4n) is 2.36. The highest BCUT2D eigenvalue weighted by Crippen LogP contribution is 2.18. The van der Waals surface area contributed by atoms with Crippen LogP contribution in [-0.2, 0) is 9.53 Å². The lowest BCUT2D eigenvalue weighted by Crippen LogP contribution is -3.12. The molecule has 23 heavy (non-hydrogen) atoms. The third kappa shape index (κ3) is 5.22. The molecule has 0 bridgehead atoms. The molecule has 1 aliphatic rings. The molecule has 2 rings (SSSR count). The number of piperidine rings is 1. The predicted octanol–water partition coefficient (Wildman–Crippen LogP) is 1.52. The van der Waals surface area contributed by atoms with Crippen LogP contribution in [-0.4, -0.2) is 30.2 Å². The third-order valence-corrected chi connectivity index (χ3v) is 3.34. The van der Waals surface area contributed by atoms with Crippen LogP contribution in [0.3, 0.4) is 0 Å². The molecule has 7 nitrogen and oxygen atoms in total. The molecule has 2 atom stereocenters. The van der Waals surface area contributed by atoms with Crippen molar-refractivity contribution in [3.8, 4) is 0 Å². The van der Waals surface area contributed by atoms with Crippen LogP contribution in [0.1, 0.15) is 33.6 Å². The quantitative estimate of drug-likeness (QED) is 0.734. The number of benzene rings is 1. The number of rotatable bonds is 3. The average molecular weight is 321 g/mol. The smallest absolute Gasteiger partial charge is 0.412 e. The van der Waals surface area contributed by atoms with Crippen LogP contribution in [0.15, 0.2) is 24.3 Å². The Balaban J connectivity index is 1.99. The van der Waals surface area contributed by atoms with Gasteiger partial charge in [-0.15, -0.1) is 0 Å². The van der Waals surface area contributed by atoms with E-state index in [4.69, 9.17) is 4.74 Å². The number of hydrogen-bond donors (Lipinski definition) is 3. The molecule has 0 saturated carbocycles. The number of nitrogens with one attached hydrogen (secondary N) is 3. The Labute approximate surface area is 135 Å². The zero-order valence-corrected chi connectivity index (χ0v) is 13.6. The van der Waals surface area contributed by atoms with Crippen molar-refractivity contribution in [3.05, 3.63) is 29.5 Å². The van der Waals surface area contributed by atoms with Gasteiger partial charge in [-0.25, -0.2) is 9.59 Å². The van der Waals surface area contributed by atoms with Gasteiger partial charge in [-0.05, 0) is 51.8 Å². The Kier molecular flexibility index (Phi) is 5.23. The van der Waals surface area contributed by atoms with Gasteiger partial charge in [0.2, 0.25) is 0 Å². The summed E-state index contributed by atoms with van der Waals surface area (Å²) in [5.74, 6) is -0.373. The summed E-state index contributed by atoms with van der Waals surface area (Å²) in [6.45, 7) is 5.69. The molecule has 1 fully saturated rings. The average Bonchev–Trinajstić information content (AvgIpc) is 2.42. The van der Waals surface area contributed by atoms with Crippen LogP contribution in [0, 0.1) is 5.21 Å². The molecule has 1 aromatic rings. The minimum atomic E-state index is -0.575. The summed E-state index contributed by atoms with van der Waals surface area (Å²) in [5, 5.41) is 16.9. The molecule has 2 amide bonds. The zero-order valence-electron chi connectivity index (χ0n) is 13.6. The number of quaternary nitrogens is 1. The monoisotopic (exact) mass is 321 g/mol. The second-order valence-electron chi connectivity index (χ2n) is 6.58. The maximum atomic E-state index is 11.8. The number of carbonyl (C=O) groups excluding carboxylic acids is 2. The number of carbonyl (C=O) groups is 2. The molecule has 0 radical (unpaired) electrons. The van der Waals surface area contributed by atoms with E-state index in [1.165, 1.54) is 0 Å². The molecule has 2 unspecified atom stereocenters. The Morgan fingerprint density at radius 2 is 2.04 bits per heavy atom. The summed E-state index contributed by atoms with van der Waals surface area (Å²) in [7, 11) is 0. The van der Waals surface area contributed by atoms with E-state index in [9.17, 15) is 14.8 Å². The molecule has 1 aromatic carbocycles. The van der Waals surface area contributed by atoms with Crippen LogP contribution in [0.5, 0.6) is 0 Å². The molecule has 1 heterocycles. The minimum Gasteiger partial charge on any atom is -0.627 e. The summed E-state index contributed by atoms with van der Waals surface area (Å²) >= 11 is 0. The van der Waals surface area contributed by atoms with Crippen molar-refractivity contribution < 1.29 is 19.4 Å². The van der Waals surface area contributed by atoms with Gasteiger partial charge in [0, 0.05) is 11.4 Å². The molecule has 0 spiro atoms. The molecule has 7 heteroatoms. The van der Waals surface area contributed by atoms with Crippen LogP contribution in [0.4, 0.5) is 16.2 Å². The minimum absolute atomic E-state index is 0.322. The van der Waals surface area contributed by atoms with E-state index in [0.717, 1.165) is 0 Å². The maximum Gasteiger partial charge on any atom is 0.412 e. The first-order valence-corrected chi connectivity index (χ1v) is 7.68. The lowest BCUT2D eigenvalue weighted by molar-refractivity contribution is -0.769. The van der Waals surface area contributed by atoms with Crippen molar-refractivity contribution in [1.82, 2.24) is 0 Å². The fraction of sp³-hybridized carbons (Fsp3) is 0.500. The summed E-state index contributed by atoms with van der Waals surface area (Å²) in [6, 6.07) is 6.48. The summed E-state index contributed by atoms with van der Waals surface area (Å²) in [4.78, 5) is 23.6. The van der Waals surface area contributed by atoms with Gasteiger partial charge >= 0.3 is 12.0 Å². The third-order valence-electron chi connectivity index (χ3n) is 3.34. The SMILES string of the molecule is CC(C)(C)OC(=O)Nc1cccc(NC2CCC[NH+]([O-])C2=O)c1. The second-order valence-corrected chi connectivity index (χ2v) is 6.58. The molecule has 1 saturated heterocycles. The van der Waals surface area contributed by atoms with E-state index >= 15 is 0 Å². The highest BCUT2D eigenvalue weighted by molar-refractivity contribution is 5.86. The van der Waals surface area contributed by atoms with Crippen LogP contribution in [0.25, 0.3) is 0 Å². The van der Waals surface area contributed by atoms with Crippen molar-refractivity contribution in [3.63, 3.8) is 0 Å². The largest absolute Gasteiger partial charge is 0.627 e. The highest BCUT2D eigenvalue weighted by atomic mass is 16.6. The fourth-order valence-corrected chi connectivity index (χ4v) is 2.36. The summed E-state index contributed by atoms with van der Waals surface area (Å²) in [5.41, 5.74) is 0.653. The summed E-state index contributed by atoms with van der Waals surface area (Å²) < 4.78 is 5.19. The molecule has 1 aliphatic heterocycles. The Hall–Kier alpha value is -2.12. The molecule has 0 aliphatic carbocycles. The van der Waals surface area contributed by atoms with Crippen molar-refractivity contribution in [1.29, 1.82) is 0 Å². The van der Waals surface area contributed by atoms with E-state index in [1.807, 2.05) is 0 Å². The molecular formula is C16H23N3O4. The van der Waals surface area contributed by atoms with E-state index in [2.05, 4.69) is 10.6 Å². The van der Waals surface area contributed by atoms with E-state index in [-0.39, 0.29) is 11.0 Å². The number of amides is 2. The van der Waals surface area contributed by atoms with Gasteiger partial charge in [-0.2, -0.15) is 0 Å². The first-order valence-electron chi connectivity index (χ1n) is 7.68. The number of hydroxylamine groups is 2. The van der Waals surface area contributed by atoms with Crippen molar-refractivity contribution in [2.75, 3.05) is 17.2 Å². The lowest BCUT2D eigenvalue weighted by atomic mass is 10.1. The lowest BCUT2D eigenvalue weighted by Gasteiger charge is -2.30. The van der Waals surface area contributed by atoms with Gasteiger partial charge in [0.1, 0.15) is 11.6 Å². The van der Waals surface area contributed by atoms with Gasteiger partial charge in [0.25, 0.3) is 0 Å². The predicted molar refractivity (Wildman–Crippen MR) is 87.1 cm³/mol. The van der Waals surface area contributed by atoms with Gasteiger partial charge in [-0.1, -0.05) is 6.07 Å². The number of ether oxygens (including phenoxy) is 1. The molecular weight excluding hydrogens is 298 g/mol. The van der Waals surface area contributed by atoms with E-state index < -0.39 is 17.7 Å². The van der Waals surface area contributed by atoms with Crippen molar-refractivity contribution in [2.24, 2.45) is 0 Å². The Bertz CT molecular complexity index is 583. The first-order chi connectivity index (χ1) is 10.7. The van der Waals surface area contributed by atoms with Gasteiger partial charge in [-0.3, -0.25) is 5.32 Å². The highest BCUT2D eigenvalue weighted by Gasteiger charge is 2.29. The topological polar surface area (TPSA) is 94.9 Å². The van der Waals surface area contributed by atoms with Crippen molar-refractivity contribution in [2.45, 2.75) is 45.3 Å². The molecule has 126 valence electrons. The van der Waals surface area contributed by atoms with E-state index in [1.54, 1.807) is 45.0 Å². The van der Waals surface area contributed by atoms with Crippen LogP contribution < -0.4 is 15.7 Å². The van der Waals surface area contributed by atoms with E-state index in [0.29, 0.717) is 30.8 Å². The zero-order chi connectivity index (χ0) is 17.0. The number of anilines is 2. The van der Waals surface area contributed by atoms with Gasteiger partial charge < -0.3 is 20.3 Å². The summed E-state index contributed by atoms with van der Waals surface area (Å²) in [6.07, 6.45) is 0.797. The van der Waals surface area contributed by atoms with Crippen LogP contribution >= 0.6 is 0 Å². The Morgan fingerprint density at radius 3 is 2.74 bits per heavy atom. The molecule has 0 aromatic heterocycles. The normalized spacial score (nSPS) is 21.7. The molecule has 3 N–H and O–H groups in total. The number of hydrogen-bond acceptors (Lipinski definition) is 5. The van der Waals surface area contributed by atoms with Gasteiger partial charge in [0.05, 0.1) is 6.54 Å². The standard InChI is InChI=1S/C16H23N3O4/c1-16(2,3)23-15(21)18-12-7-4-6-11(10-12)17-13-8-5-9-19(22)14(13)20/h4,6-7,10,13,17,19H,5,8-9H2,1-3H3,(H,18,21).